The molecule has 1 aromatic carbocycles. The number of aryl methyl sites for hydroxylation is 2. The van der Waals surface area contributed by atoms with Crippen molar-refractivity contribution in [1.82, 2.24) is 4.72 Å². The fourth-order valence-electron chi connectivity index (χ4n) is 1.75. The fraction of sp³-hybridized carbons (Fsp3) is 0.500. The Morgan fingerprint density at radius 2 is 2.00 bits per heavy atom. The second kappa shape index (κ2) is 4.37. The first-order valence-corrected chi connectivity index (χ1v) is 8.16. The van der Waals surface area contributed by atoms with Crippen molar-refractivity contribution in [2.24, 2.45) is 0 Å². The Kier molecular flexibility index (Phi) is 3.36. The Balaban J connectivity index is 2.35. The quantitative estimate of drug-likeness (QED) is 0.867. The van der Waals surface area contributed by atoms with Crippen LogP contribution in [0.4, 0.5) is 0 Å². The van der Waals surface area contributed by atoms with Crippen LogP contribution in [0.3, 0.4) is 0 Å². The Labute approximate surface area is 111 Å². The lowest BCUT2D eigenvalue weighted by Crippen LogP contribution is -2.38. The third kappa shape index (κ3) is 2.72. The lowest BCUT2D eigenvalue weighted by atomic mass is 10.2. The van der Waals surface area contributed by atoms with Gasteiger partial charge in [0.2, 0.25) is 10.0 Å². The average molecular weight is 318 g/mol. The third-order valence-corrected chi connectivity index (χ3v) is 5.89. The third-order valence-electron chi connectivity index (χ3n) is 3.09. The summed E-state index contributed by atoms with van der Waals surface area (Å²) < 4.78 is 27.4. The van der Waals surface area contributed by atoms with Crippen LogP contribution in [-0.4, -0.2) is 19.3 Å². The van der Waals surface area contributed by atoms with Gasteiger partial charge in [-0.05, 0) is 43.9 Å². The van der Waals surface area contributed by atoms with E-state index >= 15 is 0 Å². The zero-order valence-corrected chi connectivity index (χ0v) is 12.4. The lowest BCUT2D eigenvalue weighted by molar-refractivity contribution is 0.560. The van der Waals surface area contributed by atoms with Gasteiger partial charge in [-0.25, -0.2) is 13.1 Å². The molecule has 1 aliphatic rings. The molecule has 0 unspecified atom stereocenters. The molecule has 0 spiro atoms. The largest absolute Gasteiger partial charge is 0.241 e. The Hall–Kier alpha value is -0.390. The van der Waals surface area contributed by atoms with Gasteiger partial charge in [-0.1, -0.05) is 28.1 Å². The summed E-state index contributed by atoms with van der Waals surface area (Å²) in [5.41, 5.74) is 1.49. The Morgan fingerprint density at radius 3 is 2.53 bits per heavy atom. The van der Waals surface area contributed by atoms with E-state index in [1.165, 1.54) is 0 Å². The SMILES string of the molecule is Cc1ccc(C)c(S(=O)(=O)NC2(CBr)CC2)c1. The summed E-state index contributed by atoms with van der Waals surface area (Å²) in [6, 6.07) is 5.49. The maximum Gasteiger partial charge on any atom is 0.241 e. The van der Waals surface area contributed by atoms with Crippen LogP contribution >= 0.6 is 15.9 Å². The Morgan fingerprint density at radius 1 is 1.35 bits per heavy atom. The van der Waals surface area contributed by atoms with Crippen LogP contribution in [0.15, 0.2) is 23.1 Å². The van der Waals surface area contributed by atoms with Crippen LogP contribution < -0.4 is 4.72 Å². The molecule has 0 aromatic heterocycles. The number of halogens is 1. The highest BCUT2D eigenvalue weighted by Crippen LogP contribution is 2.38. The number of hydrogen-bond acceptors (Lipinski definition) is 2. The number of nitrogens with one attached hydrogen (secondary N) is 1. The molecule has 5 heteroatoms. The predicted octanol–water partition coefficient (Wildman–Crippen LogP) is 2.51. The van der Waals surface area contributed by atoms with Crippen LogP contribution in [-0.2, 0) is 10.0 Å². The van der Waals surface area contributed by atoms with Crippen molar-refractivity contribution in [3.05, 3.63) is 29.3 Å². The van der Waals surface area contributed by atoms with E-state index in [9.17, 15) is 8.42 Å². The zero-order chi connectivity index (χ0) is 12.7. The predicted molar refractivity (Wildman–Crippen MR) is 72.0 cm³/mol. The van der Waals surface area contributed by atoms with Gasteiger partial charge in [0, 0.05) is 10.9 Å². The summed E-state index contributed by atoms with van der Waals surface area (Å²) >= 11 is 3.36. The summed E-state index contributed by atoms with van der Waals surface area (Å²) in [5.74, 6) is 0. The number of rotatable bonds is 4. The molecule has 1 aromatic rings. The van der Waals surface area contributed by atoms with Gasteiger partial charge in [-0.15, -0.1) is 0 Å². The number of sulfonamides is 1. The number of alkyl halides is 1. The van der Waals surface area contributed by atoms with Crippen molar-refractivity contribution >= 4 is 26.0 Å². The summed E-state index contributed by atoms with van der Waals surface area (Å²) in [6.45, 7) is 3.72. The van der Waals surface area contributed by atoms with Crippen molar-refractivity contribution < 1.29 is 8.42 Å². The molecule has 1 N–H and O–H groups in total. The van der Waals surface area contributed by atoms with Gasteiger partial charge < -0.3 is 0 Å². The van der Waals surface area contributed by atoms with Crippen molar-refractivity contribution in [3.63, 3.8) is 0 Å². The summed E-state index contributed by atoms with van der Waals surface area (Å²) in [5, 5.41) is 0.671. The smallest absolute Gasteiger partial charge is 0.207 e. The van der Waals surface area contributed by atoms with Crippen LogP contribution in [0.1, 0.15) is 24.0 Å². The molecular formula is C12H16BrNO2S. The van der Waals surface area contributed by atoms with E-state index in [2.05, 4.69) is 20.7 Å². The van der Waals surface area contributed by atoms with Crippen molar-refractivity contribution in [2.45, 2.75) is 37.1 Å². The van der Waals surface area contributed by atoms with Gasteiger partial charge in [0.05, 0.1) is 4.90 Å². The van der Waals surface area contributed by atoms with Gasteiger partial charge in [-0.2, -0.15) is 0 Å². The summed E-state index contributed by atoms with van der Waals surface area (Å²) in [7, 11) is -3.40. The molecule has 0 saturated heterocycles. The zero-order valence-electron chi connectivity index (χ0n) is 9.96. The van der Waals surface area contributed by atoms with Gasteiger partial charge in [0.25, 0.3) is 0 Å². The Bertz CT molecular complexity index is 535. The van der Waals surface area contributed by atoms with Gasteiger partial charge >= 0.3 is 0 Å². The molecule has 94 valence electrons. The van der Waals surface area contributed by atoms with E-state index < -0.39 is 10.0 Å². The maximum absolute atomic E-state index is 12.3. The molecule has 1 aliphatic carbocycles. The number of hydrogen-bond donors (Lipinski definition) is 1. The van der Waals surface area contributed by atoms with Crippen LogP contribution in [0.2, 0.25) is 0 Å². The number of benzene rings is 1. The highest BCUT2D eigenvalue weighted by atomic mass is 79.9. The standard InChI is InChI=1S/C12H16BrNO2S/c1-9-3-4-10(2)11(7-9)17(15,16)14-12(8-13)5-6-12/h3-4,7,14H,5-6,8H2,1-2H3. The molecule has 0 atom stereocenters. The molecule has 0 bridgehead atoms. The molecule has 17 heavy (non-hydrogen) atoms. The lowest BCUT2D eigenvalue weighted by Gasteiger charge is -2.16. The normalized spacial score (nSPS) is 18.1. The topological polar surface area (TPSA) is 46.2 Å². The van der Waals surface area contributed by atoms with Gasteiger partial charge in [0.1, 0.15) is 0 Å². The first-order valence-electron chi connectivity index (χ1n) is 5.56. The van der Waals surface area contributed by atoms with Crippen LogP contribution in [0, 0.1) is 13.8 Å². The van der Waals surface area contributed by atoms with E-state index in [1.807, 2.05) is 26.0 Å². The first-order chi connectivity index (χ1) is 7.88. The molecule has 1 saturated carbocycles. The van der Waals surface area contributed by atoms with Crippen molar-refractivity contribution in [1.29, 1.82) is 0 Å². The first kappa shape index (κ1) is 13.1. The minimum atomic E-state index is -3.40. The molecule has 2 rings (SSSR count). The van der Waals surface area contributed by atoms with Crippen molar-refractivity contribution in [3.8, 4) is 0 Å². The van der Waals surface area contributed by atoms with E-state index in [1.54, 1.807) is 6.07 Å². The maximum atomic E-state index is 12.3. The molecular weight excluding hydrogens is 302 g/mol. The van der Waals surface area contributed by atoms with Gasteiger partial charge in [0.15, 0.2) is 0 Å². The summed E-state index contributed by atoms with van der Waals surface area (Å²) in [4.78, 5) is 0.393. The van der Waals surface area contributed by atoms with E-state index in [-0.39, 0.29) is 5.54 Å². The van der Waals surface area contributed by atoms with Crippen molar-refractivity contribution in [2.75, 3.05) is 5.33 Å². The molecule has 1 fully saturated rings. The fourth-order valence-corrected chi connectivity index (χ4v) is 4.43. The molecule has 0 radical (unpaired) electrons. The van der Waals surface area contributed by atoms with Gasteiger partial charge in [-0.3, -0.25) is 0 Å². The second-order valence-electron chi connectivity index (χ2n) is 4.79. The molecule has 0 heterocycles. The minimum absolute atomic E-state index is 0.255. The monoisotopic (exact) mass is 317 g/mol. The highest BCUT2D eigenvalue weighted by Gasteiger charge is 2.45. The van der Waals surface area contributed by atoms with Crippen LogP contribution in [0.5, 0.6) is 0 Å². The summed E-state index contributed by atoms with van der Waals surface area (Å²) in [6.07, 6.45) is 1.81. The van der Waals surface area contributed by atoms with E-state index in [0.717, 1.165) is 24.0 Å². The minimum Gasteiger partial charge on any atom is -0.207 e. The second-order valence-corrected chi connectivity index (χ2v) is 7.00. The van der Waals surface area contributed by atoms with Crippen LogP contribution in [0.25, 0.3) is 0 Å². The van der Waals surface area contributed by atoms with E-state index in [4.69, 9.17) is 0 Å². The molecule has 0 aliphatic heterocycles. The molecule has 3 nitrogen and oxygen atoms in total. The van der Waals surface area contributed by atoms with E-state index in [0.29, 0.717) is 10.2 Å². The average Bonchev–Trinajstić information content (AvgIpc) is 3.01. The highest BCUT2D eigenvalue weighted by molar-refractivity contribution is 9.09. The molecule has 0 amide bonds.